The van der Waals surface area contributed by atoms with Crippen LogP contribution in [0.1, 0.15) is 52.0 Å². The van der Waals surface area contributed by atoms with Crippen LogP contribution in [0, 0.1) is 0 Å². The van der Waals surface area contributed by atoms with Crippen molar-refractivity contribution >= 4 is 10.9 Å². The molecule has 0 unspecified atom stereocenters. The molecule has 1 aliphatic rings. The Kier molecular flexibility index (Phi) is 7.27. The van der Waals surface area contributed by atoms with E-state index in [4.69, 9.17) is 0 Å². The van der Waals surface area contributed by atoms with E-state index in [0.29, 0.717) is 0 Å². The lowest BCUT2D eigenvalue weighted by molar-refractivity contribution is 0.462. The molecular formula is C17H28N2. The monoisotopic (exact) mass is 260 g/mol. The summed E-state index contributed by atoms with van der Waals surface area (Å²) in [5.41, 5.74) is 2.78. The third kappa shape index (κ3) is 3.84. The Bertz CT molecular complexity index is 453. The Morgan fingerprint density at radius 2 is 1.58 bits per heavy atom. The van der Waals surface area contributed by atoms with Crippen LogP contribution >= 0.6 is 0 Å². The molecule has 106 valence electrons. The number of piperidine rings is 1. The van der Waals surface area contributed by atoms with Crippen molar-refractivity contribution in [2.45, 2.75) is 46.5 Å². The molecule has 2 heteroatoms. The minimum absolute atomic E-state index is 0.738. The first-order chi connectivity index (χ1) is 9.45. The first-order valence-corrected chi connectivity index (χ1v) is 7.72. The van der Waals surface area contributed by atoms with Gasteiger partial charge >= 0.3 is 0 Å². The molecule has 1 aromatic heterocycles. The van der Waals surface area contributed by atoms with E-state index in [1.165, 1.54) is 29.3 Å². The molecule has 2 nitrogen and oxygen atoms in total. The van der Waals surface area contributed by atoms with Crippen molar-refractivity contribution in [3.63, 3.8) is 0 Å². The number of aromatic nitrogens is 1. The number of rotatable bonds is 1. The quantitative estimate of drug-likeness (QED) is 0.765. The zero-order chi connectivity index (χ0) is 14.1. The predicted octanol–water partition coefficient (Wildman–Crippen LogP) is 4.69. The molecule has 2 heterocycles. The molecule has 19 heavy (non-hydrogen) atoms. The molecule has 0 saturated carbocycles. The van der Waals surface area contributed by atoms with Crippen LogP contribution in [0.25, 0.3) is 10.9 Å². The first-order valence-electron chi connectivity index (χ1n) is 7.72. The van der Waals surface area contributed by atoms with Crippen LogP contribution in [0.15, 0.2) is 30.5 Å². The molecule has 0 bridgehead atoms. The van der Waals surface area contributed by atoms with Crippen molar-refractivity contribution in [3.8, 4) is 0 Å². The fourth-order valence-corrected chi connectivity index (χ4v) is 2.56. The van der Waals surface area contributed by atoms with Gasteiger partial charge in [0.2, 0.25) is 0 Å². The molecule has 0 atom stereocenters. The van der Waals surface area contributed by atoms with Gasteiger partial charge in [-0.3, -0.25) is 0 Å². The Morgan fingerprint density at radius 3 is 2.26 bits per heavy atom. The van der Waals surface area contributed by atoms with Gasteiger partial charge in [0, 0.05) is 17.1 Å². The maximum atomic E-state index is 3.41. The minimum atomic E-state index is 0.738. The fraction of sp³-hybridized carbons (Fsp3) is 0.529. The summed E-state index contributed by atoms with van der Waals surface area (Å²) in [6, 6.07) is 8.59. The Labute approximate surface area is 117 Å². The minimum Gasteiger partial charge on any atom is -0.361 e. The summed E-state index contributed by atoms with van der Waals surface area (Å²) in [5, 5.41) is 4.82. The van der Waals surface area contributed by atoms with Gasteiger partial charge in [0.1, 0.15) is 0 Å². The van der Waals surface area contributed by atoms with Crippen LogP contribution in [0.3, 0.4) is 0 Å². The van der Waals surface area contributed by atoms with Gasteiger partial charge in [-0.15, -0.1) is 0 Å². The van der Waals surface area contributed by atoms with Crippen LogP contribution in [-0.2, 0) is 0 Å². The molecule has 0 aliphatic carbocycles. The van der Waals surface area contributed by atoms with Crippen LogP contribution in [0.2, 0.25) is 0 Å². The molecule has 2 aromatic rings. The van der Waals surface area contributed by atoms with Gasteiger partial charge in [-0.25, -0.2) is 0 Å². The van der Waals surface area contributed by atoms with Gasteiger partial charge in [0.05, 0.1) is 0 Å². The van der Waals surface area contributed by atoms with Crippen molar-refractivity contribution in [2.75, 3.05) is 13.1 Å². The Morgan fingerprint density at radius 1 is 0.947 bits per heavy atom. The molecule has 1 fully saturated rings. The second-order valence-electron chi connectivity index (χ2n) is 4.31. The topological polar surface area (TPSA) is 27.8 Å². The lowest BCUT2D eigenvalue weighted by Crippen LogP contribution is -2.26. The van der Waals surface area contributed by atoms with Crippen LogP contribution in [0.5, 0.6) is 0 Å². The average molecular weight is 260 g/mol. The largest absolute Gasteiger partial charge is 0.361 e. The molecule has 1 aliphatic heterocycles. The predicted molar refractivity (Wildman–Crippen MR) is 85.8 cm³/mol. The van der Waals surface area contributed by atoms with E-state index >= 15 is 0 Å². The second kappa shape index (κ2) is 8.76. The highest BCUT2D eigenvalue weighted by Gasteiger charge is 2.17. The average Bonchev–Trinajstić information content (AvgIpc) is 2.96. The van der Waals surface area contributed by atoms with Crippen molar-refractivity contribution in [1.82, 2.24) is 10.3 Å². The third-order valence-electron chi connectivity index (χ3n) is 3.40. The van der Waals surface area contributed by atoms with E-state index in [-0.39, 0.29) is 0 Å². The van der Waals surface area contributed by atoms with Crippen molar-refractivity contribution in [3.05, 3.63) is 36.0 Å². The molecule has 0 amide bonds. The highest BCUT2D eigenvalue weighted by atomic mass is 14.9. The van der Waals surface area contributed by atoms with E-state index in [9.17, 15) is 0 Å². The molecule has 0 radical (unpaired) electrons. The number of aromatic amines is 1. The molecular weight excluding hydrogens is 232 g/mol. The van der Waals surface area contributed by atoms with E-state index in [0.717, 1.165) is 19.0 Å². The molecule has 1 aromatic carbocycles. The summed E-state index contributed by atoms with van der Waals surface area (Å²) in [6.07, 6.45) is 4.73. The smallest absolute Gasteiger partial charge is 0.0456 e. The zero-order valence-corrected chi connectivity index (χ0v) is 12.8. The van der Waals surface area contributed by atoms with Crippen molar-refractivity contribution in [1.29, 1.82) is 0 Å². The lowest BCUT2D eigenvalue weighted by Gasteiger charge is -2.22. The molecule has 1 saturated heterocycles. The van der Waals surface area contributed by atoms with Crippen molar-refractivity contribution in [2.24, 2.45) is 0 Å². The highest BCUT2D eigenvalue weighted by molar-refractivity contribution is 5.83. The second-order valence-corrected chi connectivity index (χ2v) is 4.31. The van der Waals surface area contributed by atoms with Crippen molar-refractivity contribution < 1.29 is 0 Å². The maximum Gasteiger partial charge on any atom is 0.0456 e. The van der Waals surface area contributed by atoms with Gasteiger partial charge in [-0.2, -0.15) is 0 Å². The number of hydrogen-bond acceptors (Lipinski definition) is 1. The number of benzene rings is 1. The number of fused-ring (bicyclic) bond motifs is 1. The Hall–Kier alpha value is -1.28. The van der Waals surface area contributed by atoms with Gasteiger partial charge in [0.15, 0.2) is 0 Å². The van der Waals surface area contributed by atoms with Gasteiger partial charge < -0.3 is 10.3 Å². The first kappa shape index (κ1) is 15.8. The third-order valence-corrected chi connectivity index (χ3v) is 3.40. The summed E-state index contributed by atoms with van der Waals surface area (Å²) in [5.74, 6) is 0.738. The molecule has 0 spiro atoms. The van der Waals surface area contributed by atoms with E-state index < -0.39 is 0 Å². The molecule has 2 N–H and O–H groups in total. The van der Waals surface area contributed by atoms with E-state index in [1.807, 2.05) is 27.7 Å². The highest BCUT2D eigenvalue weighted by Crippen LogP contribution is 2.30. The number of para-hydroxylation sites is 1. The van der Waals surface area contributed by atoms with Gasteiger partial charge in [-0.1, -0.05) is 45.9 Å². The zero-order valence-electron chi connectivity index (χ0n) is 12.8. The summed E-state index contributed by atoms with van der Waals surface area (Å²) in [6.45, 7) is 10.3. The summed E-state index contributed by atoms with van der Waals surface area (Å²) >= 11 is 0. The summed E-state index contributed by atoms with van der Waals surface area (Å²) in [4.78, 5) is 3.37. The standard InChI is InChI=1S/C13H16N2.2C2H6/c1-2-4-13-11(3-1)12(9-15-13)10-5-7-14-8-6-10;2*1-2/h1-4,9-10,14-15H,5-8H2;2*1-2H3. The lowest BCUT2D eigenvalue weighted by atomic mass is 9.90. The number of nitrogens with one attached hydrogen (secondary N) is 2. The molecule has 3 rings (SSSR count). The van der Waals surface area contributed by atoms with E-state index in [1.54, 1.807) is 0 Å². The maximum absolute atomic E-state index is 3.41. The van der Waals surface area contributed by atoms with Crippen LogP contribution < -0.4 is 5.32 Å². The van der Waals surface area contributed by atoms with Gasteiger partial charge in [-0.05, 0) is 43.5 Å². The summed E-state index contributed by atoms with van der Waals surface area (Å²) < 4.78 is 0. The van der Waals surface area contributed by atoms with E-state index in [2.05, 4.69) is 40.8 Å². The summed E-state index contributed by atoms with van der Waals surface area (Å²) in [7, 11) is 0. The van der Waals surface area contributed by atoms with Crippen LogP contribution in [-0.4, -0.2) is 18.1 Å². The van der Waals surface area contributed by atoms with Crippen LogP contribution in [0.4, 0.5) is 0 Å². The SMILES string of the molecule is CC.CC.c1ccc2c(C3CCNCC3)c[nH]c2c1. The number of hydrogen-bond donors (Lipinski definition) is 2. The fourth-order valence-electron chi connectivity index (χ4n) is 2.56. The number of H-pyrrole nitrogens is 1. The Balaban J connectivity index is 0.000000415. The van der Waals surface area contributed by atoms with Gasteiger partial charge in [0.25, 0.3) is 0 Å². The normalized spacial score (nSPS) is 15.2.